The van der Waals surface area contributed by atoms with Crippen LogP contribution in [0.25, 0.3) is 0 Å². The SMILES string of the molecule is CCn1nc(C(=O)NC)c2c1CC[C@H](NCCc1ccccc1)C2. The first-order valence-corrected chi connectivity index (χ1v) is 8.80. The highest BCUT2D eigenvalue weighted by molar-refractivity contribution is 5.93. The number of carbonyl (C=O) groups excluding carboxylic acids is 1. The average molecular weight is 326 g/mol. The molecule has 0 fully saturated rings. The molecule has 0 radical (unpaired) electrons. The lowest BCUT2D eigenvalue weighted by atomic mass is 9.91. The molecule has 3 rings (SSSR count). The molecule has 1 aliphatic carbocycles. The summed E-state index contributed by atoms with van der Waals surface area (Å²) in [6, 6.07) is 10.9. The fourth-order valence-electron chi connectivity index (χ4n) is 3.49. The Morgan fingerprint density at radius 3 is 2.83 bits per heavy atom. The van der Waals surface area contributed by atoms with Crippen molar-refractivity contribution in [2.24, 2.45) is 0 Å². The largest absolute Gasteiger partial charge is 0.354 e. The topological polar surface area (TPSA) is 59.0 Å². The first kappa shape index (κ1) is 16.7. The van der Waals surface area contributed by atoms with Crippen LogP contribution >= 0.6 is 0 Å². The van der Waals surface area contributed by atoms with Crippen LogP contribution in [-0.2, 0) is 25.8 Å². The molecule has 1 aliphatic rings. The number of hydrogen-bond donors (Lipinski definition) is 2. The quantitative estimate of drug-likeness (QED) is 0.853. The molecule has 24 heavy (non-hydrogen) atoms. The van der Waals surface area contributed by atoms with Crippen molar-refractivity contribution < 1.29 is 4.79 Å². The highest BCUT2D eigenvalue weighted by Gasteiger charge is 2.28. The second-order valence-electron chi connectivity index (χ2n) is 6.30. The summed E-state index contributed by atoms with van der Waals surface area (Å²) in [5, 5.41) is 10.9. The minimum absolute atomic E-state index is 0.0802. The van der Waals surface area contributed by atoms with Gasteiger partial charge in [-0.2, -0.15) is 5.10 Å². The zero-order valence-electron chi connectivity index (χ0n) is 14.5. The van der Waals surface area contributed by atoms with E-state index in [0.29, 0.717) is 11.7 Å². The zero-order chi connectivity index (χ0) is 16.9. The maximum atomic E-state index is 12.1. The molecule has 0 saturated carbocycles. The van der Waals surface area contributed by atoms with Gasteiger partial charge >= 0.3 is 0 Å². The lowest BCUT2D eigenvalue weighted by Gasteiger charge is -2.24. The van der Waals surface area contributed by atoms with Crippen LogP contribution in [0, 0.1) is 0 Å². The van der Waals surface area contributed by atoms with Crippen LogP contribution in [0.5, 0.6) is 0 Å². The van der Waals surface area contributed by atoms with E-state index in [0.717, 1.165) is 44.3 Å². The monoisotopic (exact) mass is 326 g/mol. The molecule has 128 valence electrons. The Hall–Kier alpha value is -2.14. The van der Waals surface area contributed by atoms with Gasteiger partial charge in [-0.05, 0) is 44.7 Å². The van der Waals surface area contributed by atoms with Crippen LogP contribution in [-0.4, -0.2) is 35.3 Å². The van der Waals surface area contributed by atoms with Crippen molar-refractivity contribution in [3.63, 3.8) is 0 Å². The second kappa shape index (κ2) is 7.62. The normalized spacial score (nSPS) is 16.7. The zero-order valence-corrected chi connectivity index (χ0v) is 14.5. The van der Waals surface area contributed by atoms with Gasteiger partial charge in [0, 0.05) is 30.9 Å². The van der Waals surface area contributed by atoms with Gasteiger partial charge in [0.1, 0.15) is 0 Å². The molecule has 2 N–H and O–H groups in total. The van der Waals surface area contributed by atoms with Gasteiger partial charge in [0.15, 0.2) is 5.69 Å². The number of hydrogen-bond acceptors (Lipinski definition) is 3. The van der Waals surface area contributed by atoms with Crippen molar-refractivity contribution in [3.05, 3.63) is 52.8 Å². The van der Waals surface area contributed by atoms with Crippen LogP contribution in [0.3, 0.4) is 0 Å². The summed E-state index contributed by atoms with van der Waals surface area (Å²) in [4.78, 5) is 12.1. The Morgan fingerprint density at radius 2 is 2.12 bits per heavy atom. The summed E-state index contributed by atoms with van der Waals surface area (Å²) in [5.41, 5.74) is 4.31. The van der Waals surface area contributed by atoms with Crippen molar-refractivity contribution >= 4 is 5.91 Å². The Morgan fingerprint density at radius 1 is 1.33 bits per heavy atom. The number of amides is 1. The second-order valence-corrected chi connectivity index (χ2v) is 6.30. The lowest BCUT2D eigenvalue weighted by molar-refractivity contribution is 0.0956. The number of nitrogens with one attached hydrogen (secondary N) is 2. The summed E-state index contributed by atoms with van der Waals surface area (Å²) < 4.78 is 1.99. The van der Waals surface area contributed by atoms with Gasteiger partial charge in [0.2, 0.25) is 0 Å². The van der Waals surface area contributed by atoms with Crippen molar-refractivity contribution in [1.82, 2.24) is 20.4 Å². The van der Waals surface area contributed by atoms with Gasteiger partial charge in [0.25, 0.3) is 5.91 Å². The summed E-state index contributed by atoms with van der Waals surface area (Å²) in [6.45, 7) is 3.85. The van der Waals surface area contributed by atoms with Gasteiger partial charge in [-0.3, -0.25) is 9.48 Å². The lowest BCUT2D eigenvalue weighted by Crippen LogP contribution is -2.36. The summed E-state index contributed by atoms with van der Waals surface area (Å²) in [5.74, 6) is -0.0802. The molecule has 1 atom stereocenters. The fourth-order valence-corrected chi connectivity index (χ4v) is 3.49. The van der Waals surface area contributed by atoms with Crippen molar-refractivity contribution in [1.29, 1.82) is 0 Å². The minimum Gasteiger partial charge on any atom is -0.354 e. The molecule has 1 aromatic heterocycles. The Balaban J connectivity index is 1.65. The van der Waals surface area contributed by atoms with Gasteiger partial charge < -0.3 is 10.6 Å². The number of rotatable bonds is 6. The molecule has 0 spiro atoms. The predicted octanol–water partition coefficient (Wildman–Crippen LogP) is 1.95. The van der Waals surface area contributed by atoms with E-state index in [-0.39, 0.29) is 5.91 Å². The number of nitrogens with zero attached hydrogens (tertiary/aromatic N) is 2. The van der Waals surface area contributed by atoms with Crippen LogP contribution in [0.1, 0.15) is 40.7 Å². The molecule has 2 aromatic rings. The van der Waals surface area contributed by atoms with Crippen LogP contribution < -0.4 is 10.6 Å². The van der Waals surface area contributed by atoms with E-state index in [9.17, 15) is 4.79 Å². The Labute approximate surface area is 143 Å². The predicted molar refractivity (Wildman–Crippen MR) is 95.3 cm³/mol. The fraction of sp³-hybridized carbons (Fsp3) is 0.474. The van der Waals surface area contributed by atoms with E-state index < -0.39 is 0 Å². The Kier molecular flexibility index (Phi) is 5.30. The third kappa shape index (κ3) is 3.51. The van der Waals surface area contributed by atoms with Crippen LogP contribution in [0.15, 0.2) is 30.3 Å². The summed E-state index contributed by atoms with van der Waals surface area (Å²) >= 11 is 0. The molecule has 0 unspecified atom stereocenters. The molecule has 1 heterocycles. The number of benzene rings is 1. The molecule has 0 aliphatic heterocycles. The van der Waals surface area contributed by atoms with Gasteiger partial charge in [0.05, 0.1) is 0 Å². The van der Waals surface area contributed by atoms with E-state index in [1.165, 1.54) is 11.3 Å². The highest BCUT2D eigenvalue weighted by Crippen LogP contribution is 2.25. The van der Waals surface area contributed by atoms with Crippen molar-refractivity contribution in [2.45, 2.75) is 45.2 Å². The third-order valence-corrected chi connectivity index (χ3v) is 4.78. The first-order chi connectivity index (χ1) is 11.7. The maximum absolute atomic E-state index is 12.1. The van der Waals surface area contributed by atoms with E-state index in [1.54, 1.807) is 7.05 Å². The average Bonchev–Trinajstić information content (AvgIpc) is 3.00. The summed E-state index contributed by atoms with van der Waals surface area (Å²) in [7, 11) is 1.66. The van der Waals surface area contributed by atoms with E-state index in [2.05, 4.69) is 46.9 Å². The molecule has 5 nitrogen and oxygen atoms in total. The maximum Gasteiger partial charge on any atom is 0.271 e. The minimum atomic E-state index is -0.0802. The smallest absolute Gasteiger partial charge is 0.271 e. The van der Waals surface area contributed by atoms with E-state index >= 15 is 0 Å². The molecule has 0 saturated heterocycles. The van der Waals surface area contributed by atoms with Gasteiger partial charge in [-0.25, -0.2) is 0 Å². The highest BCUT2D eigenvalue weighted by atomic mass is 16.1. The number of aromatic nitrogens is 2. The van der Waals surface area contributed by atoms with Crippen molar-refractivity contribution in [3.8, 4) is 0 Å². The van der Waals surface area contributed by atoms with Crippen LogP contribution in [0.4, 0.5) is 0 Å². The number of carbonyl (C=O) groups is 1. The standard InChI is InChI=1S/C19H26N4O/c1-3-23-17-10-9-15(13-16(17)18(22-23)19(24)20-2)21-12-11-14-7-5-4-6-8-14/h4-8,15,21H,3,9-13H2,1-2H3,(H,20,24)/t15-/m0/s1. The van der Waals surface area contributed by atoms with Crippen molar-refractivity contribution in [2.75, 3.05) is 13.6 Å². The molecule has 0 bridgehead atoms. The number of fused-ring (bicyclic) bond motifs is 1. The third-order valence-electron chi connectivity index (χ3n) is 4.78. The van der Waals surface area contributed by atoms with Gasteiger partial charge in [-0.15, -0.1) is 0 Å². The van der Waals surface area contributed by atoms with Gasteiger partial charge in [-0.1, -0.05) is 30.3 Å². The first-order valence-electron chi connectivity index (χ1n) is 8.80. The molecular formula is C19H26N4O. The number of aryl methyl sites for hydroxylation is 1. The molecular weight excluding hydrogens is 300 g/mol. The van der Waals surface area contributed by atoms with E-state index in [1.807, 2.05) is 10.7 Å². The van der Waals surface area contributed by atoms with E-state index in [4.69, 9.17) is 0 Å². The molecule has 1 amide bonds. The Bertz CT molecular complexity index is 693. The molecule has 5 heteroatoms. The van der Waals surface area contributed by atoms with Crippen LogP contribution in [0.2, 0.25) is 0 Å². The molecule has 1 aromatic carbocycles. The summed E-state index contributed by atoms with van der Waals surface area (Å²) in [6.07, 6.45) is 3.99.